The van der Waals surface area contributed by atoms with Crippen molar-refractivity contribution in [3.05, 3.63) is 0 Å². The summed E-state index contributed by atoms with van der Waals surface area (Å²) in [5.41, 5.74) is 4.88. The highest BCUT2D eigenvalue weighted by molar-refractivity contribution is 7.91. The van der Waals surface area contributed by atoms with E-state index < -0.39 is 15.7 Å². The monoisotopic (exact) mass is 252 g/mol. The summed E-state index contributed by atoms with van der Waals surface area (Å²) in [6, 6.07) is 0. The molecule has 0 saturated heterocycles. The Morgan fingerprint density at radius 1 is 1.31 bits per heavy atom. The fraction of sp³-hybridized carbons (Fsp3) is 0.889. The first-order valence-corrected chi connectivity index (χ1v) is 7.05. The van der Waals surface area contributed by atoms with Gasteiger partial charge in [-0.2, -0.15) is 0 Å². The van der Waals surface area contributed by atoms with Crippen LogP contribution in [0, 0.1) is 0 Å². The molecule has 96 valence electrons. The van der Waals surface area contributed by atoms with Crippen LogP contribution < -0.4 is 5.73 Å². The van der Waals surface area contributed by atoms with Crippen molar-refractivity contribution in [3.8, 4) is 0 Å². The third-order valence-electron chi connectivity index (χ3n) is 2.24. The average molecular weight is 252 g/mol. The first-order chi connectivity index (χ1) is 7.41. The number of hydrogen-bond donors (Lipinski definition) is 2. The van der Waals surface area contributed by atoms with Crippen LogP contribution in [0.4, 0.5) is 0 Å². The topological polar surface area (TPSA) is 101 Å². The lowest BCUT2D eigenvalue weighted by Gasteiger charge is -2.18. The normalized spacial score (nSPS) is 11.9. The number of aliphatic hydroxyl groups is 1. The van der Waals surface area contributed by atoms with Gasteiger partial charge in [-0.15, -0.1) is 0 Å². The molecule has 0 bridgehead atoms. The summed E-state index contributed by atoms with van der Waals surface area (Å²) in [7, 11) is -3.22. The Balaban J connectivity index is 4.01. The zero-order valence-electron chi connectivity index (χ0n) is 9.55. The first-order valence-electron chi connectivity index (χ1n) is 5.23. The van der Waals surface area contributed by atoms with Gasteiger partial charge < -0.3 is 15.7 Å². The quantitative estimate of drug-likeness (QED) is 0.525. The Morgan fingerprint density at radius 3 is 2.38 bits per heavy atom. The molecule has 0 heterocycles. The highest BCUT2D eigenvalue weighted by atomic mass is 32.2. The van der Waals surface area contributed by atoms with Crippen molar-refractivity contribution in [2.75, 3.05) is 37.7 Å². The van der Waals surface area contributed by atoms with E-state index in [9.17, 15) is 13.2 Å². The van der Waals surface area contributed by atoms with E-state index in [4.69, 9.17) is 10.8 Å². The number of aliphatic hydroxyl groups excluding tert-OH is 1. The summed E-state index contributed by atoms with van der Waals surface area (Å²) < 4.78 is 22.9. The van der Waals surface area contributed by atoms with Gasteiger partial charge >= 0.3 is 0 Å². The van der Waals surface area contributed by atoms with Gasteiger partial charge in [-0.1, -0.05) is 6.92 Å². The maximum Gasteiger partial charge on any atom is 0.218 e. The summed E-state index contributed by atoms with van der Waals surface area (Å²) in [5, 5.41) is 8.72. The van der Waals surface area contributed by atoms with Gasteiger partial charge in [0.25, 0.3) is 0 Å². The Bertz CT molecular complexity index is 303. The number of nitrogens with zero attached hydrogens (tertiary/aromatic N) is 1. The van der Waals surface area contributed by atoms with Crippen molar-refractivity contribution in [1.29, 1.82) is 0 Å². The summed E-state index contributed by atoms with van der Waals surface area (Å²) in [6.07, 6.45) is -0.130. The zero-order valence-corrected chi connectivity index (χ0v) is 10.4. The maximum atomic E-state index is 11.5. The number of carbonyl (C=O) groups is 1. The van der Waals surface area contributed by atoms with Crippen molar-refractivity contribution in [2.45, 2.75) is 13.3 Å². The molecule has 7 heteroatoms. The molecule has 0 fully saturated rings. The van der Waals surface area contributed by atoms with Gasteiger partial charge in [-0.3, -0.25) is 4.79 Å². The predicted octanol–water partition coefficient (Wildman–Crippen LogP) is -1.41. The molecule has 0 saturated carbocycles. The van der Waals surface area contributed by atoms with Crippen molar-refractivity contribution in [2.24, 2.45) is 5.73 Å². The summed E-state index contributed by atoms with van der Waals surface area (Å²) >= 11 is 0. The number of carbonyl (C=O) groups excluding carboxylic acids is 1. The first kappa shape index (κ1) is 15.3. The van der Waals surface area contributed by atoms with E-state index in [0.717, 1.165) is 0 Å². The Kier molecular flexibility index (Phi) is 7.27. The molecule has 16 heavy (non-hydrogen) atoms. The van der Waals surface area contributed by atoms with Crippen LogP contribution in [0.15, 0.2) is 0 Å². The Morgan fingerprint density at radius 2 is 1.94 bits per heavy atom. The van der Waals surface area contributed by atoms with E-state index in [0.29, 0.717) is 19.6 Å². The van der Waals surface area contributed by atoms with Crippen LogP contribution in [0.2, 0.25) is 0 Å². The molecule has 0 aliphatic carbocycles. The molecular weight excluding hydrogens is 232 g/mol. The number of amides is 1. The summed E-state index contributed by atoms with van der Waals surface area (Å²) in [6.45, 7) is 3.42. The van der Waals surface area contributed by atoms with Gasteiger partial charge in [0.05, 0.1) is 18.1 Å². The number of nitrogens with two attached hydrogens (primary N) is 1. The lowest BCUT2D eigenvalue weighted by molar-refractivity contribution is -0.117. The van der Waals surface area contributed by atoms with E-state index >= 15 is 0 Å². The lowest BCUT2D eigenvalue weighted by Crippen LogP contribution is -2.32. The van der Waals surface area contributed by atoms with Crippen molar-refractivity contribution in [1.82, 2.24) is 4.90 Å². The molecule has 0 aliphatic rings. The number of primary amides is 1. The molecule has 0 unspecified atom stereocenters. The molecule has 3 N–H and O–H groups in total. The molecule has 0 rings (SSSR count). The molecule has 0 radical (unpaired) electrons. The molecule has 0 atom stereocenters. The maximum absolute atomic E-state index is 11.5. The van der Waals surface area contributed by atoms with Gasteiger partial charge in [0.15, 0.2) is 9.84 Å². The van der Waals surface area contributed by atoms with Crippen LogP contribution in [0.5, 0.6) is 0 Å². The molecule has 0 spiro atoms. The minimum absolute atomic E-state index is 0.00583. The van der Waals surface area contributed by atoms with Crippen LogP contribution in [0.1, 0.15) is 13.3 Å². The van der Waals surface area contributed by atoms with Crippen LogP contribution >= 0.6 is 0 Å². The third kappa shape index (κ3) is 7.61. The van der Waals surface area contributed by atoms with E-state index in [-0.39, 0.29) is 24.5 Å². The van der Waals surface area contributed by atoms with Crippen LogP contribution in [-0.2, 0) is 14.6 Å². The molecule has 1 amide bonds. The molecule has 0 aromatic heterocycles. The van der Waals surface area contributed by atoms with Gasteiger partial charge in [0.1, 0.15) is 0 Å². The van der Waals surface area contributed by atoms with Crippen LogP contribution in [0.25, 0.3) is 0 Å². The van der Waals surface area contributed by atoms with Crippen LogP contribution in [0.3, 0.4) is 0 Å². The van der Waals surface area contributed by atoms with Crippen molar-refractivity contribution >= 4 is 15.7 Å². The molecular formula is C9H20N2O4S. The minimum Gasteiger partial charge on any atom is -0.395 e. The highest BCUT2D eigenvalue weighted by Gasteiger charge is 2.14. The van der Waals surface area contributed by atoms with Gasteiger partial charge in [-0.25, -0.2) is 8.42 Å². The minimum atomic E-state index is -3.22. The highest BCUT2D eigenvalue weighted by Crippen LogP contribution is 1.96. The SMILES string of the molecule is CCN(CCO)CCS(=O)(=O)CCC(N)=O. The van der Waals surface area contributed by atoms with E-state index in [1.807, 2.05) is 11.8 Å². The average Bonchev–Trinajstić information content (AvgIpc) is 2.21. The number of hydrogen-bond acceptors (Lipinski definition) is 5. The second-order valence-corrected chi connectivity index (χ2v) is 5.83. The van der Waals surface area contributed by atoms with Crippen molar-refractivity contribution in [3.63, 3.8) is 0 Å². The smallest absolute Gasteiger partial charge is 0.218 e. The van der Waals surface area contributed by atoms with E-state index in [1.165, 1.54) is 0 Å². The number of sulfone groups is 1. The Labute approximate surface area is 96.3 Å². The molecule has 0 aliphatic heterocycles. The molecule has 0 aromatic carbocycles. The zero-order chi connectivity index (χ0) is 12.6. The van der Waals surface area contributed by atoms with Gasteiger partial charge in [0.2, 0.25) is 5.91 Å². The predicted molar refractivity (Wildman–Crippen MR) is 61.7 cm³/mol. The number of rotatable bonds is 9. The summed E-state index contributed by atoms with van der Waals surface area (Å²) in [4.78, 5) is 12.3. The van der Waals surface area contributed by atoms with Gasteiger partial charge in [0, 0.05) is 19.5 Å². The standard InChI is InChI=1S/C9H20N2O4S/c1-2-11(4-6-12)5-8-16(14,15)7-3-9(10)13/h12H,2-8H2,1H3,(H2,10,13). The van der Waals surface area contributed by atoms with E-state index in [2.05, 4.69) is 0 Å². The van der Waals surface area contributed by atoms with Crippen molar-refractivity contribution < 1.29 is 18.3 Å². The Hall–Kier alpha value is -0.660. The number of likely N-dealkylation sites (N-methyl/N-ethyl adjacent to an activating group) is 1. The van der Waals surface area contributed by atoms with E-state index in [1.54, 1.807) is 0 Å². The van der Waals surface area contributed by atoms with Crippen LogP contribution in [-0.4, -0.2) is 62.1 Å². The third-order valence-corrected chi connectivity index (χ3v) is 3.87. The molecule has 6 nitrogen and oxygen atoms in total. The van der Waals surface area contributed by atoms with Gasteiger partial charge in [-0.05, 0) is 6.54 Å². The second kappa shape index (κ2) is 7.59. The largest absolute Gasteiger partial charge is 0.395 e. The fourth-order valence-corrected chi connectivity index (χ4v) is 2.45. The molecule has 0 aromatic rings. The second-order valence-electron chi connectivity index (χ2n) is 3.53. The summed E-state index contributed by atoms with van der Waals surface area (Å²) in [5.74, 6) is -0.807. The lowest BCUT2D eigenvalue weighted by atomic mass is 10.5. The fourth-order valence-electron chi connectivity index (χ4n) is 1.20.